The first kappa shape index (κ1) is 19.2. The van der Waals surface area contributed by atoms with E-state index in [-0.39, 0.29) is 5.91 Å². The minimum absolute atomic E-state index is 0.0439. The molecule has 0 unspecified atom stereocenters. The van der Waals surface area contributed by atoms with Crippen molar-refractivity contribution >= 4 is 12.0 Å². The third-order valence-electron chi connectivity index (χ3n) is 4.56. The summed E-state index contributed by atoms with van der Waals surface area (Å²) in [6, 6.07) is 15.0. The van der Waals surface area contributed by atoms with Crippen LogP contribution in [0.4, 0.5) is 13.2 Å². The summed E-state index contributed by atoms with van der Waals surface area (Å²) in [5, 5.41) is 0. The molecule has 0 spiro atoms. The molecule has 0 atom stereocenters. The molecule has 2 aromatic rings. The summed E-state index contributed by atoms with van der Waals surface area (Å²) in [4.78, 5) is 16.1. The first-order valence-electron chi connectivity index (χ1n) is 8.82. The Bertz CT molecular complexity index is 795. The number of benzene rings is 2. The number of alkyl halides is 3. The van der Waals surface area contributed by atoms with Crippen LogP contribution in [0.2, 0.25) is 0 Å². The molecule has 0 saturated carbocycles. The molecular formula is C21H21F3N2O. The van der Waals surface area contributed by atoms with Gasteiger partial charge in [-0.3, -0.25) is 9.69 Å². The Balaban J connectivity index is 1.52. The number of amides is 1. The molecule has 0 aromatic heterocycles. The van der Waals surface area contributed by atoms with Crippen LogP contribution in [-0.4, -0.2) is 41.9 Å². The zero-order chi connectivity index (χ0) is 19.3. The number of piperazine rings is 1. The van der Waals surface area contributed by atoms with Crippen molar-refractivity contribution in [3.63, 3.8) is 0 Å². The fraction of sp³-hybridized carbons (Fsp3) is 0.286. The maximum absolute atomic E-state index is 12.8. The summed E-state index contributed by atoms with van der Waals surface area (Å²) in [5.41, 5.74) is 0.975. The lowest BCUT2D eigenvalue weighted by Gasteiger charge is -2.34. The molecule has 3 rings (SSSR count). The van der Waals surface area contributed by atoms with Gasteiger partial charge < -0.3 is 4.90 Å². The number of rotatable bonds is 4. The van der Waals surface area contributed by atoms with Crippen LogP contribution in [0.1, 0.15) is 16.7 Å². The predicted molar refractivity (Wildman–Crippen MR) is 98.8 cm³/mol. The Labute approximate surface area is 156 Å². The zero-order valence-corrected chi connectivity index (χ0v) is 14.8. The molecule has 0 N–H and O–H groups in total. The molecule has 27 heavy (non-hydrogen) atoms. The summed E-state index contributed by atoms with van der Waals surface area (Å²) >= 11 is 0. The van der Waals surface area contributed by atoms with Gasteiger partial charge in [0.05, 0.1) is 5.56 Å². The monoisotopic (exact) mass is 374 g/mol. The van der Waals surface area contributed by atoms with E-state index < -0.39 is 11.7 Å². The van der Waals surface area contributed by atoms with Crippen molar-refractivity contribution in [2.24, 2.45) is 0 Å². The van der Waals surface area contributed by atoms with Gasteiger partial charge in [0, 0.05) is 38.8 Å². The highest BCUT2D eigenvalue weighted by atomic mass is 19.4. The molecule has 0 radical (unpaired) electrons. The van der Waals surface area contributed by atoms with Crippen molar-refractivity contribution in [3.05, 3.63) is 77.4 Å². The normalized spacial score (nSPS) is 16.0. The number of hydrogen-bond donors (Lipinski definition) is 0. The van der Waals surface area contributed by atoms with E-state index in [4.69, 9.17) is 0 Å². The van der Waals surface area contributed by atoms with Crippen LogP contribution in [-0.2, 0) is 17.5 Å². The molecule has 1 heterocycles. The number of nitrogens with zero attached hydrogens (tertiary/aromatic N) is 2. The predicted octanol–water partition coefficient (Wildman–Crippen LogP) is 4.06. The second-order valence-electron chi connectivity index (χ2n) is 6.54. The van der Waals surface area contributed by atoms with Gasteiger partial charge in [-0.1, -0.05) is 48.5 Å². The molecule has 0 aliphatic carbocycles. The van der Waals surface area contributed by atoms with Gasteiger partial charge in [-0.25, -0.2) is 0 Å². The highest BCUT2D eigenvalue weighted by Gasteiger charge is 2.30. The molecule has 1 aliphatic heterocycles. The standard InChI is InChI=1S/C21H21F3N2O/c22-21(23,24)19-8-4-7-18(15-19)16-25-11-13-26(14-12-25)20(27)10-9-17-5-2-1-3-6-17/h1-10,15H,11-14,16H2/b10-9+. The van der Waals surface area contributed by atoms with Crippen LogP contribution in [0.25, 0.3) is 6.08 Å². The SMILES string of the molecule is O=C(/C=C/c1ccccc1)N1CCN(Cc2cccc(C(F)(F)F)c2)CC1. The topological polar surface area (TPSA) is 23.6 Å². The Morgan fingerprint density at radius 1 is 0.963 bits per heavy atom. The number of carbonyl (C=O) groups is 1. The van der Waals surface area contributed by atoms with Crippen LogP contribution in [0.15, 0.2) is 60.7 Å². The van der Waals surface area contributed by atoms with Gasteiger partial charge in [-0.2, -0.15) is 13.2 Å². The zero-order valence-electron chi connectivity index (χ0n) is 14.8. The second kappa shape index (κ2) is 8.39. The molecule has 3 nitrogen and oxygen atoms in total. The van der Waals surface area contributed by atoms with Crippen LogP contribution in [0, 0.1) is 0 Å². The third kappa shape index (κ3) is 5.44. The van der Waals surface area contributed by atoms with Crippen molar-refractivity contribution in [1.29, 1.82) is 0 Å². The van der Waals surface area contributed by atoms with Crippen LogP contribution in [0.3, 0.4) is 0 Å². The van der Waals surface area contributed by atoms with Gasteiger partial charge in [-0.05, 0) is 23.3 Å². The summed E-state index contributed by atoms with van der Waals surface area (Å²) in [5.74, 6) is -0.0439. The van der Waals surface area contributed by atoms with Crippen molar-refractivity contribution in [1.82, 2.24) is 9.80 Å². The fourth-order valence-electron chi connectivity index (χ4n) is 3.07. The van der Waals surface area contributed by atoms with E-state index >= 15 is 0 Å². The average molecular weight is 374 g/mol. The summed E-state index contributed by atoms with van der Waals surface area (Å²) in [6.45, 7) is 2.86. The summed E-state index contributed by atoms with van der Waals surface area (Å²) in [7, 11) is 0. The van der Waals surface area contributed by atoms with Crippen molar-refractivity contribution in [2.75, 3.05) is 26.2 Å². The molecule has 1 amide bonds. The third-order valence-corrected chi connectivity index (χ3v) is 4.56. The van der Waals surface area contributed by atoms with Crippen LogP contribution >= 0.6 is 0 Å². The Kier molecular flexibility index (Phi) is 5.96. The van der Waals surface area contributed by atoms with Crippen LogP contribution < -0.4 is 0 Å². The molecule has 1 aliphatic rings. The minimum Gasteiger partial charge on any atom is -0.337 e. The smallest absolute Gasteiger partial charge is 0.337 e. The first-order valence-corrected chi connectivity index (χ1v) is 8.82. The lowest BCUT2D eigenvalue weighted by atomic mass is 10.1. The quantitative estimate of drug-likeness (QED) is 0.754. The van der Waals surface area contributed by atoms with Crippen molar-refractivity contribution in [3.8, 4) is 0 Å². The molecule has 2 aromatic carbocycles. The van der Waals surface area contributed by atoms with Gasteiger partial charge in [0.2, 0.25) is 5.91 Å². The van der Waals surface area contributed by atoms with Gasteiger partial charge in [0.15, 0.2) is 0 Å². The maximum atomic E-state index is 12.8. The summed E-state index contributed by atoms with van der Waals surface area (Å²) in [6.07, 6.45) is -0.971. The van der Waals surface area contributed by atoms with E-state index in [2.05, 4.69) is 4.90 Å². The highest BCUT2D eigenvalue weighted by Crippen LogP contribution is 2.29. The number of hydrogen-bond acceptors (Lipinski definition) is 2. The Morgan fingerprint density at radius 3 is 2.33 bits per heavy atom. The van der Waals surface area contributed by atoms with Crippen molar-refractivity contribution in [2.45, 2.75) is 12.7 Å². The average Bonchev–Trinajstić information content (AvgIpc) is 2.67. The van der Waals surface area contributed by atoms with E-state index in [0.29, 0.717) is 38.3 Å². The van der Waals surface area contributed by atoms with E-state index in [1.165, 1.54) is 12.1 Å². The van der Waals surface area contributed by atoms with Gasteiger partial charge in [0.25, 0.3) is 0 Å². The second-order valence-corrected chi connectivity index (χ2v) is 6.54. The Morgan fingerprint density at radius 2 is 1.67 bits per heavy atom. The molecule has 1 fully saturated rings. The first-order chi connectivity index (χ1) is 12.9. The maximum Gasteiger partial charge on any atom is 0.416 e. The largest absolute Gasteiger partial charge is 0.416 e. The lowest BCUT2D eigenvalue weighted by molar-refractivity contribution is -0.137. The lowest BCUT2D eigenvalue weighted by Crippen LogP contribution is -2.47. The van der Waals surface area contributed by atoms with Gasteiger partial charge in [0.1, 0.15) is 0 Å². The van der Waals surface area contributed by atoms with E-state index in [9.17, 15) is 18.0 Å². The molecular weight excluding hydrogens is 353 g/mol. The molecule has 0 bridgehead atoms. The number of carbonyl (C=O) groups excluding carboxylic acids is 1. The molecule has 1 saturated heterocycles. The van der Waals surface area contributed by atoms with Gasteiger partial charge in [-0.15, -0.1) is 0 Å². The highest BCUT2D eigenvalue weighted by molar-refractivity contribution is 5.91. The van der Waals surface area contributed by atoms with E-state index in [0.717, 1.165) is 11.6 Å². The minimum atomic E-state index is -4.33. The molecule has 142 valence electrons. The van der Waals surface area contributed by atoms with Gasteiger partial charge >= 0.3 is 6.18 Å². The van der Waals surface area contributed by atoms with E-state index in [1.54, 1.807) is 23.1 Å². The Hall–Kier alpha value is -2.60. The molecule has 6 heteroatoms. The fourth-order valence-corrected chi connectivity index (χ4v) is 3.07. The summed E-state index contributed by atoms with van der Waals surface area (Å²) < 4.78 is 38.5. The van der Waals surface area contributed by atoms with Crippen LogP contribution in [0.5, 0.6) is 0 Å². The van der Waals surface area contributed by atoms with E-state index in [1.807, 2.05) is 30.3 Å². The number of halogens is 3. The van der Waals surface area contributed by atoms with Crippen molar-refractivity contribution < 1.29 is 18.0 Å².